The zero-order chi connectivity index (χ0) is 46.5. The zero-order valence-corrected chi connectivity index (χ0v) is 38.9. The number of rotatable bonds is 8. The minimum atomic E-state index is -0.0467. The molecule has 0 N–H and O–H groups in total. The third kappa shape index (κ3) is 7.31. The number of hydrogen-bond acceptors (Lipinski definition) is 2. The number of fused-ring (bicyclic) bond motifs is 4. The Bertz CT molecular complexity index is 3350. The van der Waals surface area contributed by atoms with E-state index in [2.05, 4.69) is 284 Å². The van der Waals surface area contributed by atoms with E-state index in [9.17, 15) is 0 Å². The van der Waals surface area contributed by atoms with Crippen molar-refractivity contribution in [3.05, 3.63) is 272 Å². The molecule has 11 aromatic rings. The first-order valence-corrected chi connectivity index (χ1v) is 24.3. The van der Waals surface area contributed by atoms with Crippen LogP contribution in [0.5, 0.6) is 0 Å². The van der Waals surface area contributed by atoms with Crippen molar-refractivity contribution in [2.75, 3.05) is 9.80 Å². The van der Waals surface area contributed by atoms with E-state index in [-0.39, 0.29) is 6.71 Å². The number of hydrogen-bond donors (Lipinski definition) is 0. The largest absolute Gasteiger partial charge is 0.311 e. The first kappa shape index (κ1) is 41.3. The van der Waals surface area contributed by atoms with Gasteiger partial charge in [0, 0.05) is 34.1 Å². The maximum atomic E-state index is 2.57. The first-order valence-electron chi connectivity index (χ1n) is 24.3. The van der Waals surface area contributed by atoms with Crippen LogP contribution in [0.2, 0.25) is 0 Å². The quantitative estimate of drug-likeness (QED) is 0.140. The summed E-state index contributed by atoms with van der Waals surface area (Å²) in [5.74, 6) is 0. The van der Waals surface area contributed by atoms with Gasteiger partial charge in [0.1, 0.15) is 0 Å². The molecule has 70 heavy (non-hydrogen) atoms. The molecule has 328 valence electrons. The molecule has 2 heterocycles. The molecule has 0 unspecified atom stereocenters. The third-order valence-corrected chi connectivity index (χ3v) is 14.2. The van der Waals surface area contributed by atoms with Crippen molar-refractivity contribution >= 4 is 57.2 Å². The highest BCUT2D eigenvalue weighted by atomic mass is 15.2. The second-order valence-corrected chi connectivity index (χ2v) is 18.6. The summed E-state index contributed by atoms with van der Waals surface area (Å²) in [4.78, 5) is 5.14. The van der Waals surface area contributed by atoms with E-state index >= 15 is 0 Å². The van der Waals surface area contributed by atoms with Gasteiger partial charge < -0.3 is 9.80 Å². The molecule has 11 aromatic carbocycles. The Kier molecular flexibility index (Phi) is 10.2. The maximum absolute atomic E-state index is 2.57. The average Bonchev–Trinajstić information content (AvgIpc) is 3.43. The summed E-state index contributed by atoms with van der Waals surface area (Å²) >= 11 is 0. The third-order valence-electron chi connectivity index (χ3n) is 14.2. The molecule has 0 atom stereocenters. The van der Waals surface area contributed by atoms with Gasteiger partial charge in [-0.25, -0.2) is 0 Å². The van der Waals surface area contributed by atoms with Gasteiger partial charge in [0.25, 0.3) is 6.71 Å². The fraction of sp³-hybridized carbons (Fsp3) is 0.0149. The van der Waals surface area contributed by atoms with Gasteiger partial charge >= 0.3 is 0 Å². The van der Waals surface area contributed by atoms with Crippen molar-refractivity contribution < 1.29 is 0 Å². The van der Waals surface area contributed by atoms with Crippen LogP contribution in [-0.4, -0.2) is 6.71 Å². The molecule has 2 nitrogen and oxygen atoms in total. The highest BCUT2D eigenvalue weighted by Crippen LogP contribution is 2.48. The second kappa shape index (κ2) is 17.3. The number of benzene rings is 11. The molecule has 2 aliphatic heterocycles. The lowest BCUT2D eigenvalue weighted by atomic mass is 9.33. The van der Waals surface area contributed by atoms with Gasteiger partial charge in [-0.15, -0.1) is 0 Å². The van der Waals surface area contributed by atoms with Crippen LogP contribution in [0.1, 0.15) is 5.56 Å². The Morgan fingerprint density at radius 3 is 0.829 bits per heavy atom. The monoisotopic (exact) mass is 890 g/mol. The van der Waals surface area contributed by atoms with Gasteiger partial charge in [0.05, 0.1) is 0 Å². The van der Waals surface area contributed by atoms with Crippen molar-refractivity contribution in [2.45, 2.75) is 6.92 Å². The molecular weight excluding hydrogens is 844 g/mol. The molecule has 0 amide bonds. The van der Waals surface area contributed by atoms with Crippen LogP contribution in [0.3, 0.4) is 0 Å². The van der Waals surface area contributed by atoms with Crippen molar-refractivity contribution in [1.29, 1.82) is 0 Å². The van der Waals surface area contributed by atoms with Gasteiger partial charge in [-0.3, -0.25) is 0 Å². The van der Waals surface area contributed by atoms with E-state index in [1.54, 1.807) is 0 Å². The summed E-state index contributed by atoms with van der Waals surface area (Å²) in [6, 6.07) is 98.4. The smallest absolute Gasteiger partial charge is 0.252 e. The predicted molar refractivity (Wildman–Crippen MR) is 298 cm³/mol. The summed E-state index contributed by atoms with van der Waals surface area (Å²) < 4.78 is 0. The molecule has 2 aliphatic rings. The van der Waals surface area contributed by atoms with Gasteiger partial charge in [-0.05, 0) is 156 Å². The highest BCUT2D eigenvalue weighted by Gasteiger charge is 2.44. The molecule has 0 spiro atoms. The van der Waals surface area contributed by atoms with Crippen LogP contribution < -0.4 is 26.2 Å². The summed E-state index contributed by atoms with van der Waals surface area (Å²) in [5.41, 5.74) is 26.2. The highest BCUT2D eigenvalue weighted by molar-refractivity contribution is 7.00. The molecule has 0 saturated heterocycles. The van der Waals surface area contributed by atoms with Gasteiger partial charge in [-0.1, -0.05) is 206 Å². The Labute approximate surface area is 411 Å². The second-order valence-electron chi connectivity index (χ2n) is 18.6. The van der Waals surface area contributed by atoms with Gasteiger partial charge in [0.2, 0.25) is 0 Å². The van der Waals surface area contributed by atoms with E-state index in [4.69, 9.17) is 0 Å². The molecule has 0 aliphatic carbocycles. The number of nitrogens with zero attached hydrogens (tertiary/aromatic N) is 2. The zero-order valence-electron chi connectivity index (χ0n) is 38.9. The van der Waals surface area contributed by atoms with Crippen LogP contribution in [0.4, 0.5) is 34.1 Å². The van der Waals surface area contributed by atoms with Crippen molar-refractivity contribution in [3.8, 4) is 66.8 Å². The van der Waals surface area contributed by atoms with Crippen LogP contribution in [0.15, 0.2) is 267 Å². The first-order chi connectivity index (χ1) is 34.6. The number of anilines is 6. The Morgan fingerprint density at radius 1 is 0.243 bits per heavy atom. The van der Waals surface area contributed by atoms with Gasteiger partial charge in [-0.2, -0.15) is 0 Å². The van der Waals surface area contributed by atoms with E-state index < -0.39 is 0 Å². The lowest BCUT2D eigenvalue weighted by molar-refractivity contribution is 1.24. The van der Waals surface area contributed by atoms with Crippen molar-refractivity contribution in [2.24, 2.45) is 0 Å². The lowest BCUT2D eigenvalue weighted by Crippen LogP contribution is -2.61. The van der Waals surface area contributed by atoms with Gasteiger partial charge in [0.15, 0.2) is 0 Å². The Hall–Kier alpha value is -8.92. The lowest BCUT2D eigenvalue weighted by Gasteiger charge is -2.45. The Morgan fingerprint density at radius 2 is 0.529 bits per heavy atom. The summed E-state index contributed by atoms with van der Waals surface area (Å²) in [7, 11) is 0. The molecule has 13 rings (SSSR count). The van der Waals surface area contributed by atoms with E-state index in [0.717, 1.165) is 11.4 Å². The van der Waals surface area contributed by atoms with Crippen molar-refractivity contribution in [1.82, 2.24) is 0 Å². The van der Waals surface area contributed by atoms with Crippen LogP contribution in [-0.2, 0) is 0 Å². The molecule has 0 aromatic heterocycles. The summed E-state index contributed by atoms with van der Waals surface area (Å²) in [6.45, 7) is 2.22. The molecule has 0 radical (unpaired) electrons. The van der Waals surface area contributed by atoms with E-state index in [0.29, 0.717) is 0 Å². The SMILES string of the molecule is Cc1cc2c3c(c1)N(c1cc(-c4ccccc4)cc(-c4ccccc4)c1)c1cc(-c4ccccc4)ccc1B3c1ccc(-c3ccccc3)cc1N2c1cc(-c2ccccc2)cc(-c2ccccc2)c1. The van der Waals surface area contributed by atoms with Crippen LogP contribution in [0, 0.1) is 6.92 Å². The fourth-order valence-corrected chi connectivity index (χ4v) is 11.0. The topological polar surface area (TPSA) is 6.48 Å². The molecular formula is C67H47BN2. The summed E-state index contributed by atoms with van der Waals surface area (Å²) in [6.07, 6.45) is 0. The average molecular weight is 891 g/mol. The number of aryl methyl sites for hydroxylation is 1. The molecule has 0 bridgehead atoms. The van der Waals surface area contributed by atoms with E-state index in [1.807, 2.05) is 0 Å². The minimum absolute atomic E-state index is 0.0467. The normalized spacial score (nSPS) is 12.3. The predicted octanol–water partition coefficient (Wildman–Crippen LogP) is 16.1. The molecule has 0 fully saturated rings. The molecule has 3 heteroatoms. The van der Waals surface area contributed by atoms with Crippen LogP contribution >= 0.6 is 0 Å². The Balaban J connectivity index is 1.12. The fourth-order valence-electron chi connectivity index (χ4n) is 11.0. The maximum Gasteiger partial charge on any atom is 0.252 e. The molecule has 0 saturated carbocycles. The van der Waals surface area contributed by atoms with E-state index in [1.165, 1.54) is 111 Å². The standard InChI is InChI=1S/C67H47BN2/c1-46-36-65-67-66(37-46)70(60-42-57(51-28-16-6-17-29-51)39-58(43-60)52-30-18-7-19-31-52)64-45-54(48-22-10-3-11-23-48)33-35-62(64)68(67)61-34-32-53(47-20-8-2-9-21-47)44-63(61)69(65)59-40-55(49-24-12-4-13-25-49)38-56(41-59)50-26-14-5-15-27-50/h2-45H,1H3. The minimum Gasteiger partial charge on any atom is -0.311 e. The van der Waals surface area contributed by atoms with Crippen molar-refractivity contribution in [3.63, 3.8) is 0 Å². The van der Waals surface area contributed by atoms with Crippen LogP contribution in [0.25, 0.3) is 66.8 Å². The summed E-state index contributed by atoms with van der Waals surface area (Å²) in [5, 5.41) is 0.